The Kier molecular flexibility index (Phi) is 6.06. The lowest BCUT2D eigenvalue weighted by Crippen LogP contribution is -2.34. The topological polar surface area (TPSA) is 47.6 Å². The SMILES string of the molecule is COC(=O)C1CCC(NCc2ccc(OC)c(Br)c2)CC1. The third-order valence-electron chi connectivity index (χ3n) is 4.07. The van der Waals surface area contributed by atoms with Crippen molar-refractivity contribution in [3.05, 3.63) is 28.2 Å². The molecular formula is C16H22BrNO3. The predicted octanol–water partition coefficient (Wildman–Crippen LogP) is 3.28. The molecule has 0 atom stereocenters. The lowest BCUT2D eigenvalue weighted by molar-refractivity contribution is -0.146. The summed E-state index contributed by atoms with van der Waals surface area (Å²) in [6.45, 7) is 0.830. The summed E-state index contributed by atoms with van der Waals surface area (Å²) in [5, 5.41) is 3.57. The van der Waals surface area contributed by atoms with Crippen LogP contribution in [0, 0.1) is 5.92 Å². The van der Waals surface area contributed by atoms with E-state index < -0.39 is 0 Å². The van der Waals surface area contributed by atoms with Crippen LogP contribution in [0.4, 0.5) is 0 Å². The summed E-state index contributed by atoms with van der Waals surface area (Å²) in [4.78, 5) is 11.5. The van der Waals surface area contributed by atoms with Crippen LogP contribution in [0.15, 0.2) is 22.7 Å². The van der Waals surface area contributed by atoms with Crippen LogP contribution >= 0.6 is 15.9 Å². The van der Waals surface area contributed by atoms with E-state index in [0.717, 1.165) is 42.5 Å². The molecule has 1 N–H and O–H groups in total. The van der Waals surface area contributed by atoms with Crippen molar-refractivity contribution >= 4 is 21.9 Å². The van der Waals surface area contributed by atoms with Gasteiger partial charge in [-0.05, 0) is 59.3 Å². The van der Waals surface area contributed by atoms with E-state index in [1.165, 1.54) is 12.7 Å². The number of ether oxygens (including phenoxy) is 2. The van der Waals surface area contributed by atoms with Crippen molar-refractivity contribution in [2.24, 2.45) is 5.92 Å². The fraction of sp³-hybridized carbons (Fsp3) is 0.562. The lowest BCUT2D eigenvalue weighted by atomic mass is 9.86. The molecule has 1 aromatic rings. The van der Waals surface area contributed by atoms with Gasteiger partial charge in [-0.1, -0.05) is 6.07 Å². The third-order valence-corrected chi connectivity index (χ3v) is 4.69. The van der Waals surface area contributed by atoms with E-state index in [9.17, 15) is 4.79 Å². The van der Waals surface area contributed by atoms with Crippen molar-refractivity contribution in [3.63, 3.8) is 0 Å². The zero-order chi connectivity index (χ0) is 15.2. The first kappa shape index (κ1) is 16.3. The van der Waals surface area contributed by atoms with Crippen molar-refractivity contribution < 1.29 is 14.3 Å². The number of carbonyl (C=O) groups excluding carboxylic acids is 1. The number of nitrogens with one attached hydrogen (secondary N) is 1. The summed E-state index contributed by atoms with van der Waals surface area (Å²) in [7, 11) is 3.13. The molecule has 1 saturated carbocycles. The molecular weight excluding hydrogens is 334 g/mol. The average molecular weight is 356 g/mol. The van der Waals surface area contributed by atoms with Crippen LogP contribution in [0.1, 0.15) is 31.2 Å². The van der Waals surface area contributed by atoms with Gasteiger partial charge in [0.2, 0.25) is 0 Å². The molecule has 116 valence electrons. The van der Waals surface area contributed by atoms with Gasteiger partial charge in [-0.15, -0.1) is 0 Å². The van der Waals surface area contributed by atoms with E-state index in [1.807, 2.05) is 6.07 Å². The molecule has 0 radical (unpaired) electrons. The minimum Gasteiger partial charge on any atom is -0.496 e. The Hall–Kier alpha value is -1.07. The molecule has 21 heavy (non-hydrogen) atoms. The smallest absolute Gasteiger partial charge is 0.308 e. The van der Waals surface area contributed by atoms with Crippen molar-refractivity contribution in [2.75, 3.05) is 14.2 Å². The first-order valence-electron chi connectivity index (χ1n) is 7.27. The van der Waals surface area contributed by atoms with Gasteiger partial charge in [0.25, 0.3) is 0 Å². The van der Waals surface area contributed by atoms with Crippen molar-refractivity contribution in [1.82, 2.24) is 5.32 Å². The van der Waals surface area contributed by atoms with Gasteiger partial charge >= 0.3 is 5.97 Å². The highest BCUT2D eigenvalue weighted by atomic mass is 79.9. The maximum Gasteiger partial charge on any atom is 0.308 e. The highest BCUT2D eigenvalue weighted by Gasteiger charge is 2.26. The maximum absolute atomic E-state index is 11.5. The first-order valence-corrected chi connectivity index (χ1v) is 8.07. The summed E-state index contributed by atoms with van der Waals surface area (Å²) in [6, 6.07) is 6.59. The number of halogens is 1. The Morgan fingerprint density at radius 1 is 1.29 bits per heavy atom. The van der Waals surface area contributed by atoms with E-state index >= 15 is 0 Å². The number of rotatable bonds is 5. The molecule has 1 aliphatic rings. The van der Waals surface area contributed by atoms with Crippen LogP contribution in [-0.2, 0) is 16.1 Å². The normalized spacial score (nSPS) is 21.9. The summed E-state index contributed by atoms with van der Waals surface area (Å²) in [5.41, 5.74) is 1.22. The Bertz CT molecular complexity index is 484. The van der Waals surface area contributed by atoms with Gasteiger partial charge < -0.3 is 14.8 Å². The molecule has 0 aromatic heterocycles. The Balaban J connectivity index is 1.79. The molecule has 1 fully saturated rings. The molecule has 0 spiro atoms. The van der Waals surface area contributed by atoms with Gasteiger partial charge in [0.15, 0.2) is 0 Å². The van der Waals surface area contributed by atoms with E-state index in [0.29, 0.717) is 6.04 Å². The molecule has 0 amide bonds. The second-order valence-corrected chi connectivity index (χ2v) is 6.28. The van der Waals surface area contributed by atoms with Crippen LogP contribution < -0.4 is 10.1 Å². The highest BCUT2D eigenvalue weighted by Crippen LogP contribution is 2.27. The van der Waals surface area contributed by atoms with Gasteiger partial charge in [-0.25, -0.2) is 0 Å². The van der Waals surface area contributed by atoms with Crippen LogP contribution in [0.2, 0.25) is 0 Å². The molecule has 5 heteroatoms. The monoisotopic (exact) mass is 355 g/mol. The molecule has 2 rings (SSSR count). The van der Waals surface area contributed by atoms with Crippen LogP contribution in [0.5, 0.6) is 5.75 Å². The number of hydrogen-bond donors (Lipinski definition) is 1. The molecule has 1 aromatic carbocycles. The molecule has 0 unspecified atom stereocenters. The molecule has 0 bridgehead atoms. The second-order valence-electron chi connectivity index (χ2n) is 5.42. The van der Waals surface area contributed by atoms with E-state index in [2.05, 4.69) is 33.4 Å². The summed E-state index contributed by atoms with van der Waals surface area (Å²) < 4.78 is 11.0. The van der Waals surface area contributed by atoms with Gasteiger partial charge in [-0.2, -0.15) is 0 Å². The van der Waals surface area contributed by atoms with Gasteiger partial charge in [-0.3, -0.25) is 4.79 Å². The Labute approximate surface area is 134 Å². The number of carbonyl (C=O) groups is 1. The Morgan fingerprint density at radius 2 is 2.00 bits per heavy atom. The first-order chi connectivity index (χ1) is 10.1. The van der Waals surface area contributed by atoms with E-state index in [4.69, 9.17) is 9.47 Å². The molecule has 1 aliphatic carbocycles. The molecule has 0 aliphatic heterocycles. The minimum absolute atomic E-state index is 0.0625. The highest BCUT2D eigenvalue weighted by molar-refractivity contribution is 9.10. The fourth-order valence-electron chi connectivity index (χ4n) is 2.78. The third kappa shape index (κ3) is 4.45. The number of methoxy groups -OCH3 is 2. The minimum atomic E-state index is -0.0625. The number of esters is 1. The lowest BCUT2D eigenvalue weighted by Gasteiger charge is -2.27. The predicted molar refractivity (Wildman–Crippen MR) is 85.3 cm³/mol. The van der Waals surface area contributed by atoms with Crippen molar-refractivity contribution in [3.8, 4) is 5.75 Å². The summed E-state index contributed by atoms with van der Waals surface area (Å²) in [5.74, 6) is 0.869. The Morgan fingerprint density at radius 3 is 2.57 bits per heavy atom. The zero-order valence-corrected chi connectivity index (χ0v) is 14.1. The molecule has 0 saturated heterocycles. The largest absolute Gasteiger partial charge is 0.496 e. The summed E-state index contributed by atoms with van der Waals surface area (Å²) in [6.07, 6.45) is 3.88. The van der Waals surface area contributed by atoms with Crippen LogP contribution in [-0.4, -0.2) is 26.2 Å². The van der Waals surface area contributed by atoms with Gasteiger partial charge in [0.05, 0.1) is 24.6 Å². The maximum atomic E-state index is 11.5. The van der Waals surface area contributed by atoms with Gasteiger partial charge in [0, 0.05) is 12.6 Å². The van der Waals surface area contributed by atoms with Crippen molar-refractivity contribution in [2.45, 2.75) is 38.3 Å². The number of hydrogen-bond acceptors (Lipinski definition) is 4. The van der Waals surface area contributed by atoms with Crippen LogP contribution in [0.25, 0.3) is 0 Å². The zero-order valence-electron chi connectivity index (χ0n) is 12.5. The summed E-state index contributed by atoms with van der Waals surface area (Å²) >= 11 is 3.50. The van der Waals surface area contributed by atoms with Gasteiger partial charge in [0.1, 0.15) is 5.75 Å². The quantitative estimate of drug-likeness (QED) is 0.823. The van der Waals surface area contributed by atoms with Crippen LogP contribution in [0.3, 0.4) is 0 Å². The van der Waals surface area contributed by atoms with Crippen molar-refractivity contribution in [1.29, 1.82) is 0 Å². The fourth-order valence-corrected chi connectivity index (χ4v) is 3.37. The average Bonchev–Trinajstić information content (AvgIpc) is 2.52. The van der Waals surface area contributed by atoms with E-state index in [1.54, 1.807) is 7.11 Å². The molecule has 4 nitrogen and oxygen atoms in total. The molecule has 0 heterocycles. The van der Waals surface area contributed by atoms with E-state index in [-0.39, 0.29) is 11.9 Å². The number of benzene rings is 1. The second kappa shape index (κ2) is 7.80. The standard InChI is InChI=1S/C16H22BrNO3/c1-20-15-8-3-11(9-14(15)17)10-18-13-6-4-12(5-7-13)16(19)21-2/h3,8-9,12-13,18H,4-7,10H2,1-2H3.